The zero-order valence-electron chi connectivity index (χ0n) is 10.1. The molecule has 4 nitrogen and oxygen atoms in total. The molecule has 0 fully saturated rings. The first kappa shape index (κ1) is 13.0. The van der Waals surface area contributed by atoms with Gasteiger partial charge in [0.1, 0.15) is 5.82 Å². The lowest BCUT2D eigenvalue weighted by Gasteiger charge is -2.06. The quantitative estimate of drug-likeness (QED) is 0.926. The third kappa shape index (κ3) is 2.52. The van der Waals surface area contributed by atoms with E-state index in [9.17, 15) is 4.39 Å². The van der Waals surface area contributed by atoms with Gasteiger partial charge in [0, 0.05) is 5.56 Å². The largest absolute Gasteiger partial charge is 0.337 e. The van der Waals surface area contributed by atoms with Gasteiger partial charge in [-0.3, -0.25) is 0 Å². The molecule has 0 spiro atoms. The van der Waals surface area contributed by atoms with Gasteiger partial charge in [-0.2, -0.15) is 4.98 Å². The summed E-state index contributed by atoms with van der Waals surface area (Å²) in [6, 6.07) is 4.34. The van der Waals surface area contributed by atoms with Gasteiger partial charge in [0.2, 0.25) is 11.7 Å². The summed E-state index contributed by atoms with van der Waals surface area (Å²) in [5, 5.41) is 6.98. The van der Waals surface area contributed by atoms with Gasteiger partial charge in [0.15, 0.2) is 0 Å². The van der Waals surface area contributed by atoms with Gasteiger partial charge in [-0.1, -0.05) is 23.7 Å². The van der Waals surface area contributed by atoms with Gasteiger partial charge >= 0.3 is 0 Å². The fourth-order valence-corrected chi connectivity index (χ4v) is 1.81. The summed E-state index contributed by atoms with van der Waals surface area (Å²) in [6.07, 6.45) is 0.836. The van der Waals surface area contributed by atoms with E-state index >= 15 is 0 Å². The van der Waals surface area contributed by atoms with Crippen molar-refractivity contribution in [1.82, 2.24) is 15.5 Å². The van der Waals surface area contributed by atoms with Crippen LogP contribution in [0.15, 0.2) is 22.7 Å². The molecule has 0 saturated heterocycles. The molecule has 2 rings (SSSR count). The van der Waals surface area contributed by atoms with Crippen LogP contribution in [0, 0.1) is 5.82 Å². The Kier molecular flexibility index (Phi) is 3.93. The first-order valence-corrected chi connectivity index (χ1v) is 5.99. The number of hydrogen-bond acceptors (Lipinski definition) is 4. The Morgan fingerprint density at radius 3 is 2.89 bits per heavy atom. The molecule has 2 aromatic rings. The molecule has 6 heteroatoms. The minimum atomic E-state index is -0.467. The zero-order valence-corrected chi connectivity index (χ0v) is 10.8. The van der Waals surface area contributed by atoms with Crippen LogP contribution in [0.1, 0.15) is 25.3 Å². The Hall–Kier alpha value is -1.46. The molecule has 0 aliphatic rings. The van der Waals surface area contributed by atoms with Gasteiger partial charge in [-0.25, -0.2) is 4.39 Å². The van der Waals surface area contributed by atoms with E-state index < -0.39 is 5.82 Å². The molecule has 0 radical (unpaired) electrons. The lowest BCUT2D eigenvalue weighted by Crippen LogP contribution is -2.15. The van der Waals surface area contributed by atoms with Crippen LogP contribution >= 0.6 is 11.6 Å². The van der Waals surface area contributed by atoms with Crippen molar-refractivity contribution in [2.24, 2.45) is 0 Å². The normalized spacial score (nSPS) is 12.7. The molecule has 0 saturated carbocycles. The Morgan fingerprint density at radius 1 is 1.50 bits per heavy atom. The first-order chi connectivity index (χ1) is 8.65. The molecule has 0 amide bonds. The Balaban J connectivity index is 2.31. The second-order valence-corrected chi connectivity index (χ2v) is 4.24. The molecule has 1 aromatic heterocycles. The number of aromatic nitrogens is 2. The summed E-state index contributed by atoms with van der Waals surface area (Å²) in [5.41, 5.74) is 0.627. The lowest BCUT2D eigenvalue weighted by atomic mass is 10.2. The van der Waals surface area contributed by atoms with Crippen LogP contribution in [0.4, 0.5) is 4.39 Å². The molecular weight excluding hydrogens is 257 g/mol. The lowest BCUT2D eigenvalue weighted by molar-refractivity contribution is 0.334. The standard InChI is InChI=1S/C12H13ClFN3O/c1-3-10(15-2)12-16-11(17-18-12)7-4-5-9(14)8(13)6-7/h4-6,10,15H,3H2,1-2H3. The van der Waals surface area contributed by atoms with Crippen LogP contribution in [0.3, 0.4) is 0 Å². The number of halogens is 2. The summed E-state index contributed by atoms with van der Waals surface area (Å²) in [7, 11) is 1.83. The van der Waals surface area contributed by atoms with Crippen molar-refractivity contribution in [1.29, 1.82) is 0 Å². The molecule has 18 heavy (non-hydrogen) atoms. The third-order valence-electron chi connectivity index (χ3n) is 2.67. The van der Waals surface area contributed by atoms with Gasteiger partial charge in [0.25, 0.3) is 0 Å². The Labute approximate surface area is 109 Å². The maximum Gasteiger partial charge on any atom is 0.244 e. The second-order valence-electron chi connectivity index (χ2n) is 3.83. The highest BCUT2D eigenvalue weighted by molar-refractivity contribution is 6.31. The fourth-order valence-electron chi connectivity index (χ4n) is 1.63. The summed E-state index contributed by atoms with van der Waals surface area (Å²) >= 11 is 5.71. The monoisotopic (exact) mass is 269 g/mol. The Bertz CT molecular complexity index is 540. The maximum absolute atomic E-state index is 13.1. The fraction of sp³-hybridized carbons (Fsp3) is 0.333. The minimum absolute atomic E-state index is 0.0159. The van der Waals surface area contributed by atoms with Crippen molar-refractivity contribution >= 4 is 11.6 Å². The predicted molar refractivity (Wildman–Crippen MR) is 66.8 cm³/mol. The van der Waals surface area contributed by atoms with E-state index in [1.165, 1.54) is 12.1 Å². The average Bonchev–Trinajstić information content (AvgIpc) is 2.84. The highest BCUT2D eigenvalue weighted by Gasteiger charge is 2.16. The van der Waals surface area contributed by atoms with E-state index in [1.54, 1.807) is 6.07 Å². The summed E-state index contributed by atoms with van der Waals surface area (Å²) in [6.45, 7) is 2.01. The van der Waals surface area contributed by atoms with Gasteiger partial charge in [0.05, 0.1) is 11.1 Å². The van der Waals surface area contributed by atoms with E-state index in [0.717, 1.165) is 6.42 Å². The first-order valence-electron chi connectivity index (χ1n) is 5.62. The van der Waals surface area contributed by atoms with Crippen molar-refractivity contribution in [3.63, 3.8) is 0 Å². The minimum Gasteiger partial charge on any atom is -0.337 e. The molecule has 96 valence electrons. The van der Waals surface area contributed by atoms with Crippen LogP contribution in [0.2, 0.25) is 5.02 Å². The summed E-state index contributed by atoms with van der Waals surface area (Å²) in [5.74, 6) is 0.446. The van der Waals surface area contributed by atoms with Crippen molar-refractivity contribution in [2.75, 3.05) is 7.05 Å². The average molecular weight is 270 g/mol. The number of nitrogens with one attached hydrogen (secondary N) is 1. The van der Waals surface area contributed by atoms with Crippen molar-refractivity contribution in [3.05, 3.63) is 34.9 Å². The van der Waals surface area contributed by atoms with E-state index in [2.05, 4.69) is 15.5 Å². The van der Waals surface area contributed by atoms with E-state index in [1.807, 2.05) is 14.0 Å². The Morgan fingerprint density at radius 2 is 2.28 bits per heavy atom. The van der Waals surface area contributed by atoms with Crippen molar-refractivity contribution in [2.45, 2.75) is 19.4 Å². The molecule has 0 aliphatic heterocycles. The van der Waals surface area contributed by atoms with E-state index in [4.69, 9.17) is 16.1 Å². The van der Waals surface area contributed by atoms with Crippen LogP contribution in [-0.4, -0.2) is 17.2 Å². The molecule has 1 unspecified atom stereocenters. The molecular formula is C12H13ClFN3O. The molecule has 1 atom stereocenters. The smallest absolute Gasteiger partial charge is 0.244 e. The molecule has 1 heterocycles. The topological polar surface area (TPSA) is 51.0 Å². The van der Waals surface area contributed by atoms with Gasteiger partial charge in [-0.15, -0.1) is 0 Å². The molecule has 1 N–H and O–H groups in total. The van der Waals surface area contributed by atoms with Gasteiger partial charge < -0.3 is 9.84 Å². The highest BCUT2D eigenvalue weighted by atomic mass is 35.5. The van der Waals surface area contributed by atoms with E-state index in [-0.39, 0.29) is 11.1 Å². The van der Waals surface area contributed by atoms with Crippen LogP contribution in [0.25, 0.3) is 11.4 Å². The number of nitrogens with zero attached hydrogens (tertiary/aromatic N) is 2. The number of hydrogen-bond donors (Lipinski definition) is 1. The molecule has 1 aromatic carbocycles. The SMILES string of the molecule is CCC(NC)c1nc(-c2ccc(F)c(Cl)c2)no1. The highest BCUT2D eigenvalue weighted by Crippen LogP contribution is 2.24. The second kappa shape index (κ2) is 5.46. The molecule has 0 aliphatic carbocycles. The van der Waals surface area contributed by atoms with Crippen LogP contribution in [0.5, 0.6) is 0 Å². The number of rotatable bonds is 4. The zero-order chi connectivity index (χ0) is 13.1. The third-order valence-corrected chi connectivity index (χ3v) is 2.96. The maximum atomic E-state index is 13.1. The summed E-state index contributed by atoms with van der Waals surface area (Å²) < 4.78 is 18.2. The van der Waals surface area contributed by atoms with Crippen molar-refractivity contribution < 1.29 is 8.91 Å². The van der Waals surface area contributed by atoms with Crippen LogP contribution < -0.4 is 5.32 Å². The van der Waals surface area contributed by atoms with Gasteiger partial charge in [-0.05, 0) is 31.7 Å². The predicted octanol–water partition coefficient (Wildman–Crippen LogP) is 3.20. The van der Waals surface area contributed by atoms with Crippen LogP contribution in [-0.2, 0) is 0 Å². The molecule has 0 bridgehead atoms. The van der Waals surface area contributed by atoms with E-state index in [0.29, 0.717) is 17.3 Å². The summed E-state index contributed by atoms with van der Waals surface area (Å²) in [4.78, 5) is 4.27. The number of benzene rings is 1. The van der Waals surface area contributed by atoms with Crippen molar-refractivity contribution in [3.8, 4) is 11.4 Å².